The molecule has 1 aliphatic rings. The first-order valence-electron chi connectivity index (χ1n) is 16.1. The normalized spacial score (nSPS) is 14.4. The molecule has 0 bridgehead atoms. The number of aryl methyl sites for hydroxylation is 1. The zero-order valence-corrected chi connectivity index (χ0v) is 28.2. The molecule has 9 nitrogen and oxygen atoms in total. The summed E-state index contributed by atoms with van der Waals surface area (Å²) in [5.41, 5.74) is 4.26. The molecular weight excluding hydrogens is 590 g/mol. The second-order valence-corrected chi connectivity index (χ2v) is 14.2. The SMILES string of the molecule is CCCCN(CCC)C(=O)CCCN1c2cc3oc(=O)c(-c4cc[n+](CCCCS(=O)(=O)O)cc4)cc3cc2C(C)=CC1(C)C. The number of anilines is 1. The van der Waals surface area contributed by atoms with E-state index in [1.54, 1.807) is 0 Å². The van der Waals surface area contributed by atoms with Gasteiger partial charge in [0.25, 0.3) is 10.1 Å². The molecule has 0 radical (unpaired) electrons. The molecular formula is C35H48N3O6S+. The Morgan fingerprint density at radius 3 is 2.38 bits per heavy atom. The van der Waals surface area contributed by atoms with Crippen molar-refractivity contribution in [3.63, 3.8) is 0 Å². The van der Waals surface area contributed by atoms with Crippen molar-refractivity contribution in [2.75, 3.05) is 30.3 Å². The maximum Gasteiger partial charge on any atom is 0.344 e. The quantitative estimate of drug-likeness (QED) is 0.0908. The molecule has 1 amide bonds. The van der Waals surface area contributed by atoms with Crippen molar-refractivity contribution in [1.82, 2.24) is 4.90 Å². The molecule has 45 heavy (non-hydrogen) atoms. The molecule has 1 aliphatic heterocycles. The number of carbonyl (C=O) groups excluding carboxylic acids is 1. The number of pyridine rings is 1. The lowest BCUT2D eigenvalue weighted by molar-refractivity contribution is -0.697. The van der Waals surface area contributed by atoms with Crippen LogP contribution in [0, 0.1) is 0 Å². The van der Waals surface area contributed by atoms with Crippen molar-refractivity contribution in [3.05, 3.63) is 64.8 Å². The van der Waals surface area contributed by atoms with E-state index in [4.69, 9.17) is 8.97 Å². The predicted molar refractivity (Wildman–Crippen MR) is 180 cm³/mol. The Labute approximate surface area is 267 Å². The van der Waals surface area contributed by atoms with Gasteiger partial charge in [-0.05, 0) is 64.2 Å². The Bertz CT molecular complexity index is 1690. The molecule has 0 saturated carbocycles. The monoisotopic (exact) mass is 638 g/mol. The minimum atomic E-state index is -3.95. The summed E-state index contributed by atoms with van der Waals surface area (Å²) >= 11 is 0. The van der Waals surface area contributed by atoms with Crippen LogP contribution in [0.25, 0.3) is 27.7 Å². The standard InChI is InChI=1S/C35H47N3O6S/c1-6-8-17-37(15-7-2)33(39)12-11-18-38-31-24-32-28(22-29(31)26(3)25-35(38,4)5)23-30(34(40)44-32)27-13-19-36(20-14-27)16-9-10-21-45(41,42)43/h13-14,19-20,22-25H,6-12,15-18,21H2,1-5H3/p+1. The van der Waals surface area contributed by atoms with Crippen LogP contribution in [0.2, 0.25) is 0 Å². The van der Waals surface area contributed by atoms with Crippen LogP contribution in [0.1, 0.15) is 85.1 Å². The lowest BCUT2D eigenvalue weighted by atomic mass is 9.87. The first-order chi connectivity index (χ1) is 21.3. The highest BCUT2D eigenvalue weighted by molar-refractivity contribution is 7.85. The maximum absolute atomic E-state index is 13.2. The Kier molecular flexibility index (Phi) is 11.3. The van der Waals surface area contributed by atoms with Gasteiger partial charge in [0.1, 0.15) is 12.1 Å². The Morgan fingerprint density at radius 2 is 1.71 bits per heavy atom. The zero-order valence-electron chi connectivity index (χ0n) is 27.3. The molecule has 2 aromatic heterocycles. The topological polar surface area (TPSA) is 112 Å². The molecule has 244 valence electrons. The fourth-order valence-corrected chi connectivity index (χ4v) is 6.76. The predicted octanol–water partition coefficient (Wildman–Crippen LogP) is 6.24. The van der Waals surface area contributed by atoms with Gasteiger partial charge in [0.2, 0.25) is 5.91 Å². The van der Waals surface area contributed by atoms with E-state index in [-0.39, 0.29) is 17.2 Å². The Balaban J connectivity index is 1.54. The van der Waals surface area contributed by atoms with Gasteiger partial charge >= 0.3 is 5.63 Å². The number of aromatic nitrogens is 1. The first kappa shape index (κ1) is 34.4. The number of fused-ring (bicyclic) bond motifs is 2. The lowest BCUT2D eigenvalue weighted by Crippen LogP contribution is -2.46. The Hall–Kier alpha value is -3.50. The first-order valence-corrected chi connectivity index (χ1v) is 17.8. The molecule has 3 heterocycles. The summed E-state index contributed by atoms with van der Waals surface area (Å²) in [6.45, 7) is 13.6. The van der Waals surface area contributed by atoms with E-state index < -0.39 is 15.7 Å². The molecule has 1 N–H and O–H groups in total. The van der Waals surface area contributed by atoms with Gasteiger partial charge in [-0.25, -0.2) is 9.36 Å². The third-order valence-electron chi connectivity index (χ3n) is 8.50. The van der Waals surface area contributed by atoms with E-state index in [1.165, 1.54) is 0 Å². The number of carbonyl (C=O) groups is 1. The number of hydrogen-bond acceptors (Lipinski definition) is 6. The molecule has 0 spiro atoms. The minimum Gasteiger partial charge on any atom is -0.422 e. The van der Waals surface area contributed by atoms with Crippen molar-refractivity contribution in [2.45, 2.75) is 91.6 Å². The van der Waals surface area contributed by atoms with Crippen LogP contribution in [0.5, 0.6) is 0 Å². The molecule has 3 aromatic rings. The zero-order chi connectivity index (χ0) is 32.8. The van der Waals surface area contributed by atoms with Crippen LogP contribution in [-0.2, 0) is 21.5 Å². The van der Waals surface area contributed by atoms with Crippen molar-refractivity contribution < 1.29 is 26.7 Å². The van der Waals surface area contributed by atoms with E-state index in [0.29, 0.717) is 43.5 Å². The maximum atomic E-state index is 13.2. The van der Waals surface area contributed by atoms with Crippen molar-refractivity contribution in [2.24, 2.45) is 0 Å². The molecule has 0 saturated heterocycles. The van der Waals surface area contributed by atoms with Crippen LogP contribution in [0.4, 0.5) is 5.69 Å². The number of allylic oxidation sites excluding steroid dienone is 1. The minimum absolute atomic E-state index is 0.215. The van der Waals surface area contributed by atoms with Crippen LogP contribution in [0.15, 0.2) is 58.0 Å². The van der Waals surface area contributed by atoms with Crippen LogP contribution in [-0.4, -0.2) is 54.7 Å². The van der Waals surface area contributed by atoms with Crippen molar-refractivity contribution in [3.8, 4) is 11.1 Å². The molecule has 10 heteroatoms. The fourth-order valence-electron chi connectivity index (χ4n) is 6.19. The summed E-state index contributed by atoms with van der Waals surface area (Å²) in [5.74, 6) is -0.0405. The van der Waals surface area contributed by atoms with E-state index in [2.05, 4.69) is 51.7 Å². The van der Waals surface area contributed by atoms with Gasteiger partial charge in [0, 0.05) is 72.9 Å². The molecule has 0 unspecified atom stereocenters. The summed E-state index contributed by atoms with van der Waals surface area (Å²) in [5, 5.41) is 0.832. The summed E-state index contributed by atoms with van der Waals surface area (Å²) in [6.07, 6.45) is 11.2. The number of unbranched alkanes of at least 4 members (excludes halogenated alkanes) is 2. The summed E-state index contributed by atoms with van der Waals surface area (Å²) in [7, 11) is -3.95. The van der Waals surface area contributed by atoms with E-state index in [1.807, 2.05) is 46.1 Å². The van der Waals surface area contributed by atoms with E-state index >= 15 is 0 Å². The van der Waals surface area contributed by atoms with E-state index in [0.717, 1.165) is 66.5 Å². The highest BCUT2D eigenvalue weighted by atomic mass is 32.2. The number of hydrogen-bond donors (Lipinski definition) is 1. The average molecular weight is 639 g/mol. The van der Waals surface area contributed by atoms with Crippen molar-refractivity contribution in [1.29, 1.82) is 0 Å². The number of rotatable bonds is 15. The van der Waals surface area contributed by atoms with Crippen LogP contribution < -0.4 is 15.1 Å². The molecule has 0 aliphatic carbocycles. The molecule has 4 rings (SSSR count). The highest BCUT2D eigenvalue weighted by Gasteiger charge is 2.32. The lowest BCUT2D eigenvalue weighted by Gasteiger charge is -2.43. The summed E-state index contributed by atoms with van der Waals surface area (Å²) < 4.78 is 38.6. The van der Waals surface area contributed by atoms with Gasteiger partial charge in [-0.3, -0.25) is 9.35 Å². The molecule has 0 fully saturated rings. The Morgan fingerprint density at radius 1 is 1.00 bits per heavy atom. The van der Waals surface area contributed by atoms with Gasteiger partial charge in [-0.2, -0.15) is 8.42 Å². The number of benzene rings is 1. The second-order valence-electron chi connectivity index (χ2n) is 12.6. The largest absolute Gasteiger partial charge is 0.422 e. The summed E-state index contributed by atoms with van der Waals surface area (Å²) in [4.78, 5) is 30.5. The molecule has 0 atom stereocenters. The van der Waals surface area contributed by atoms with Crippen LogP contribution in [0.3, 0.4) is 0 Å². The van der Waals surface area contributed by atoms with Gasteiger partial charge in [-0.1, -0.05) is 26.3 Å². The molecule has 1 aromatic carbocycles. The smallest absolute Gasteiger partial charge is 0.344 e. The van der Waals surface area contributed by atoms with Gasteiger partial charge in [0.15, 0.2) is 12.4 Å². The number of nitrogens with zero attached hydrogens (tertiary/aromatic N) is 3. The number of amides is 1. The fraction of sp³-hybridized carbons (Fsp3) is 0.514. The van der Waals surface area contributed by atoms with Crippen LogP contribution >= 0.6 is 0 Å². The highest BCUT2D eigenvalue weighted by Crippen LogP contribution is 2.41. The van der Waals surface area contributed by atoms with Gasteiger partial charge in [0.05, 0.1) is 16.9 Å². The van der Waals surface area contributed by atoms with Gasteiger partial charge in [-0.15, -0.1) is 0 Å². The van der Waals surface area contributed by atoms with Gasteiger partial charge < -0.3 is 14.2 Å². The average Bonchev–Trinajstić information content (AvgIpc) is 2.97. The van der Waals surface area contributed by atoms with E-state index in [9.17, 15) is 18.0 Å². The third-order valence-corrected chi connectivity index (χ3v) is 9.31. The third kappa shape index (κ3) is 8.82. The summed E-state index contributed by atoms with van der Waals surface area (Å²) in [6, 6.07) is 9.62. The second kappa shape index (κ2) is 14.7. The van der Waals surface area contributed by atoms with Crippen molar-refractivity contribution >= 4 is 38.3 Å².